The Morgan fingerprint density at radius 3 is 2.56 bits per heavy atom. The zero-order chi connectivity index (χ0) is 27.8. The standard InChI is InChI=1S/C30H34FN9O/c31-25-19-22(8-9-26(25)39-12-10-23(11-13-39)38-14-16-41-17-15-38)33-30-34-29(32)40(37-30)27-18-21-6-3-5-20-4-1-2-7-24(20)28(21)36-35-27/h1-2,4,7-9,18-19,23H,3,5-6,10-17H2,(H3,32,33,34,37). The number of ether oxygens (including phenoxy) is 1. The van der Waals surface area contributed by atoms with E-state index in [0.29, 0.717) is 23.2 Å². The molecule has 41 heavy (non-hydrogen) atoms. The number of aromatic nitrogens is 5. The highest BCUT2D eigenvalue weighted by molar-refractivity contribution is 5.68. The molecule has 2 saturated heterocycles. The van der Waals surface area contributed by atoms with Gasteiger partial charge in [-0.15, -0.1) is 15.3 Å². The number of nitrogens with one attached hydrogen (secondary N) is 1. The van der Waals surface area contributed by atoms with Gasteiger partial charge in [-0.05, 0) is 67.5 Å². The van der Waals surface area contributed by atoms with Crippen molar-refractivity contribution in [1.82, 2.24) is 29.9 Å². The summed E-state index contributed by atoms with van der Waals surface area (Å²) < 4.78 is 22.2. The molecule has 10 nitrogen and oxygen atoms in total. The van der Waals surface area contributed by atoms with Crippen molar-refractivity contribution in [1.29, 1.82) is 0 Å². The Hall–Kier alpha value is -4.09. The third kappa shape index (κ3) is 5.22. The van der Waals surface area contributed by atoms with Gasteiger partial charge in [-0.3, -0.25) is 4.90 Å². The Balaban J connectivity index is 1.04. The number of hydrogen-bond acceptors (Lipinski definition) is 9. The monoisotopic (exact) mass is 555 g/mol. The molecule has 0 amide bonds. The number of nitrogens with two attached hydrogens (primary N) is 1. The Labute approximate surface area is 238 Å². The summed E-state index contributed by atoms with van der Waals surface area (Å²) in [5.74, 6) is 0.673. The molecule has 7 rings (SSSR count). The summed E-state index contributed by atoms with van der Waals surface area (Å²) in [5.41, 5.74) is 11.8. The lowest BCUT2D eigenvalue weighted by Gasteiger charge is -2.40. The van der Waals surface area contributed by atoms with E-state index in [1.165, 1.54) is 16.3 Å². The van der Waals surface area contributed by atoms with Crippen LogP contribution in [-0.4, -0.2) is 75.3 Å². The lowest BCUT2D eigenvalue weighted by molar-refractivity contribution is 0.0115. The molecule has 0 radical (unpaired) electrons. The molecule has 212 valence electrons. The van der Waals surface area contributed by atoms with Crippen molar-refractivity contribution in [2.24, 2.45) is 0 Å². The SMILES string of the molecule is Nc1nc(Nc2ccc(N3CCC(N4CCOCC4)CC3)c(F)c2)nn1-c1cc2c(nn1)-c1ccccc1CCC2. The van der Waals surface area contributed by atoms with Gasteiger partial charge < -0.3 is 20.7 Å². The number of piperidine rings is 1. The molecule has 2 aliphatic heterocycles. The Morgan fingerprint density at radius 2 is 1.73 bits per heavy atom. The fourth-order valence-corrected chi connectivity index (χ4v) is 6.31. The normalized spacial score (nSPS) is 18.0. The molecule has 0 atom stereocenters. The van der Waals surface area contributed by atoms with E-state index >= 15 is 4.39 Å². The number of anilines is 4. The van der Waals surface area contributed by atoms with Gasteiger partial charge in [0.2, 0.25) is 11.9 Å². The zero-order valence-corrected chi connectivity index (χ0v) is 23.0. The number of morpholine rings is 1. The lowest BCUT2D eigenvalue weighted by Crippen LogP contribution is -2.49. The highest BCUT2D eigenvalue weighted by Crippen LogP contribution is 2.32. The van der Waals surface area contributed by atoms with Gasteiger partial charge >= 0.3 is 0 Å². The van der Waals surface area contributed by atoms with Crippen molar-refractivity contribution >= 4 is 23.3 Å². The summed E-state index contributed by atoms with van der Waals surface area (Å²) in [4.78, 5) is 9.00. The van der Waals surface area contributed by atoms with Crippen LogP contribution in [0.15, 0.2) is 48.5 Å². The van der Waals surface area contributed by atoms with Crippen LogP contribution in [0.3, 0.4) is 0 Å². The Kier molecular flexibility index (Phi) is 6.97. The summed E-state index contributed by atoms with van der Waals surface area (Å²) in [5, 5.41) is 16.6. The molecule has 11 heteroatoms. The maximum Gasteiger partial charge on any atom is 0.248 e. The van der Waals surface area contributed by atoms with Crippen LogP contribution in [0.25, 0.3) is 17.1 Å². The topological polar surface area (TPSA) is 110 Å². The van der Waals surface area contributed by atoms with Crippen LogP contribution < -0.4 is 16.0 Å². The summed E-state index contributed by atoms with van der Waals surface area (Å²) in [6.07, 6.45) is 4.98. The van der Waals surface area contributed by atoms with Crippen molar-refractivity contribution in [3.63, 3.8) is 0 Å². The minimum atomic E-state index is -0.274. The van der Waals surface area contributed by atoms with E-state index in [-0.39, 0.29) is 17.7 Å². The second-order valence-electron chi connectivity index (χ2n) is 11.0. The van der Waals surface area contributed by atoms with Crippen molar-refractivity contribution < 1.29 is 9.13 Å². The van der Waals surface area contributed by atoms with Gasteiger partial charge in [0.15, 0.2) is 5.82 Å². The van der Waals surface area contributed by atoms with E-state index in [2.05, 4.69) is 53.6 Å². The van der Waals surface area contributed by atoms with Crippen molar-refractivity contribution in [3.05, 3.63) is 65.5 Å². The van der Waals surface area contributed by atoms with E-state index in [0.717, 1.165) is 88.3 Å². The number of hydrogen-bond donors (Lipinski definition) is 2. The maximum atomic E-state index is 15.2. The van der Waals surface area contributed by atoms with Gasteiger partial charge in [0.25, 0.3) is 0 Å². The second-order valence-corrected chi connectivity index (χ2v) is 11.0. The molecule has 0 unspecified atom stereocenters. The van der Waals surface area contributed by atoms with Gasteiger partial charge in [-0.2, -0.15) is 9.67 Å². The first kappa shape index (κ1) is 25.8. The number of benzene rings is 2. The summed E-state index contributed by atoms with van der Waals surface area (Å²) in [7, 11) is 0. The number of rotatable bonds is 5. The summed E-state index contributed by atoms with van der Waals surface area (Å²) in [6.45, 7) is 5.25. The fourth-order valence-electron chi connectivity index (χ4n) is 6.31. The largest absolute Gasteiger partial charge is 0.379 e. The molecule has 2 aromatic carbocycles. The Morgan fingerprint density at radius 1 is 0.927 bits per heavy atom. The van der Waals surface area contributed by atoms with Crippen molar-refractivity contribution in [2.75, 3.05) is 55.3 Å². The molecule has 2 aromatic heterocycles. The van der Waals surface area contributed by atoms with Crippen LogP contribution >= 0.6 is 0 Å². The van der Waals surface area contributed by atoms with Gasteiger partial charge in [0.1, 0.15) is 5.82 Å². The molecule has 0 saturated carbocycles. The van der Waals surface area contributed by atoms with Gasteiger partial charge in [0, 0.05) is 43.5 Å². The van der Waals surface area contributed by atoms with Crippen LogP contribution in [0.4, 0.5) is 27.7 Å². The molecular formula is C30H34FN9O. The van der Waals surface area contributed by atoms with E-state index < -0.39 is 0 Å². The van der Waals surface area contributed by atoms with Crippen LogP contribution in [0, 0.1) is 5.82 Å². The van der Waals surface area contributed by atoms with E-state index in [4.69, 9.17) is 10.5 Å². The fraction of sp³-hybridized carbons (Fsp3) is 0.400. The van der Waals surface area contributed by atoms with Gasteiger partial charge in [-0.25, -0.2) is 4.39 Å². The first-order chi connectivity index (χ1) is 20.1. The van der Waals surface area contributed by atoms with E-state index in [1.54, 1.807) is 0 Å². The van der Waals surface area contributed by atoms with Crippen LogP contribution in [0.1, 0.15) is 30.4 Å². The van der Waals surface area contributed by atoms with Crippen LogP contribution in [0.5, 0.6) is 0 Å². The zero-order valence-electron chi connectivity index (χ0n) is 23.0. The van der Waals surface area contributed by atoms with Crippen LogP contribution in [-0.2, 0) is 17.6 Å². The summed E-state index contributed by atoms with van der Waals surface area (Å²) in [6, 6.07) is 16.0. The molecule has 3 N–H and O–H groups in total. The highest BCUT2D eigenvalue weighted by atomic mass is 19.1. The number of halogens is 1. The molecule has 4 heterocycles. The average molecular weight is 556 g/mol. The molecular weight excluding hydrogens is 521 g/mol. The molecule has 2 fully saturated rings. The smallest absolute Gasteiger partial charge is 0.248 e. The predicted molar refractivity (Wildman–Crippen MR) is 156 cm³/mol. The third-order valence-electron chi connectivity index (χ3n) is 8.44. The first-order valence-corrected chi connectivity index (χ1v) is 14.4. The molecule has 1 aliphatic carbocycles. The average Bonchev–Trinajstić information content (AvgIpc) is 3.26. The maximum absolute atomic E-state index is 15.2. The quantitative estimate of drug-likeness (QED) is 0.378. The second kappa shape index (κ2) is 11.1. The molecule has 0 bridgehead atoms. The Bertz CT molecular complexity index is 1540. The minimum absolute atomic E-state index is 0.177. The van der Waals surface area contributed by atoms with Crippen molar-refractivity contribution in [3.8, 4) is 17.1 Å². The number of aryl methyl sites for hydroxylation is 2. The number of nitrogen functional groups attached to an aromatic ring is 1. The number of nitrogens with zero attached hydrogens (tertiary/aromatic N) is 7. The van der Waals surface area contributed by atoms with E-state index in [9.17, 15) is 0 Å². The van der Waals surface area contributed by atoms with Gasteiger partial charge in [0.05, 0.1) is 24.6 Å². The first-order valence-electron chi connectivity index (χ1n) is 14.4. The van der Waals surface area contributed by atoms with Gasteiger partial charge in [-0.1, -0.05) is 24.3 Å². The highest BCUT2D eigenvalue weighted by Gasteiger charge is 2.27. The molecule has 0 spiro atoms. The predicted octanol–water partition coefficient (Wildman–Crippen LogP) is 3.98. The number of fused-ring (bicyclic) bond motifs is 3. The van der Waals surface area contributed by atoms with Crippen molar-refractivity contribution in [2.45, 2.75) is 38.1 Å². The summed E-state index contributed by atoms with van der Waals surface area (Å²) >= 11 is 0. The molecule has 3 aliphatic rings. The molecule has 4 aromatic rings. The minimum Gasteiger partial charge on any atom is -0.379 e. The lowest BCUT2D eigenvalue weighted by atomic mass is 10.0. The third-order valence-corrected chi connectivity index (χ3v) is 8.44. The van der Waals surface area contributed by atoms with E-state index in [1.807, 2.05) is 24.3 Å². The van der Waals surface area contributed by atoms with Crippen LogP contribution in [0.2, 0.25) is 0 Å².